The maximum Gasteiger partial charge on any atom is 0.238 e. The lowest BCUT2D eigenvalue weighted by molar-refractivity contribution is -0.117. The van der Waals surface area contributed by atoms with E-state index in [0.717, 1.165) is 0 Å². The van der Waals surface area contributed by atoms with Gasteiger partial charge in [0.2, 0.25) is 5.91 Å². The third kappa shape index (κ3) is 5.30. The number of rotatable bonds is 7. The Morgan fingerprint density at radius 2 is 1.85 bits per heavy atom. The van der Waals surface area contributed by atoms with Crippen molar-refractivity contribution < 1.29 is 17.9 Å². The maximum absolute atomic E-state index is 12.5. The molecule has 0 bridgehead atoms. The highest BCUT2D eigenvalue weighted by atomic mass is 32.2. The minimum absolute atomic E-state index is 0.0958. The normalized spacial score (nSPS) is 18.4. The van der Waals surface area contributed by atoms with Gasteiger partial charge in [-0.15, -0.1) is 0 Å². The van der Waals surface area contributed by atoms with Crippen LogP contribution in [0, 0.1) is 0 Å². The molecule has 1 saturated heterocycles. The van der Waals surface area contributed by atoms with E-state index >= 15 is 0 Å². The van der Waals surface area contributed by atoms with Crippen LogP contribution in [0.1, 0.15) is 13.3 Å². The Balaban J connectivity index is 1.65. The van der Waals surface area contributed by atoms with Crippen LogP contribution in [0.3, 0.4) is 0 Å². The van der Waals surface area contributed by atoms with Crippen LogP contribution in [-0.4, -0.2) is 49.9 Å². The first-order valence-electron chi connectivity index (χ1n) is 9.03. The number of benzene rings is 2. The number of carbonyl (C=O) groups excluding carboxylic acids is 1. The van der Waals surface area contributed by atoms with Gasteiger partial charge in [-0.2, -0.15) is 0 Å². The van der Waals surface area contributed by atoms with E-state index in [2.05, 4.69) is 5.32 Å². The van der Waals surface area contributed by atoms with E-state index < -0.39 is 9.84 Å². The third-order valence-corrected chi connectivity index (χ3v) is 6.36. The zero-order valence-electron chi connectivity index (χ0n) is 15.3. The number of sulfone groups is 1. The van der Waals surface area contributed by atoms with E-state index in [1.54, 1.807) is 12.1 Å². The van der Waals surface area contributed by atoms with Crippen molar-refractivity contribution in [2.24, 2.45) is 0 Å². The summed E-state index contributed by atoms with van der Waals surface area (Å²) in [7, 11) is -2.98. The SMILES string of the molecule is CCN(CC(=O)Nc1ccccc1Oc1ccccc1)C1CCS(=O)(=O)C1. The van der Waals surface area contributed by atoms with Gasteiger partial charge in [0.25, 0.3) is 0 Å². The molecule has 0 aliphatic carbocycles. The fraction of sp³-hybridized carbons (Fsp3) is 0.350. The molecular weight excluding hydrogens is 364 g/mol. The average molecular weight is 388 g/mol. The molecule has 1 aliphatic rings. The number of para-hydroxylation sites is 3. The Morgan fingerprint density at radius 3 is 2.52 bits per heavy atom. The summed E-state index contributed by atoms with van der Waals surface area (Å²) in [5, 5.41) is 2.88. The van der Waals surface area contributed by atoms with Gasteiger partial charge in [-0.05, 0) is 37.2 Å². The van der Waals surface area contributed by atoms with E-state index in [9.17, 15) is 13.2 Å². The van der Waals surface area contributed by atoms with E-state index in [1.807, 2.05) is 54.3 Å². The molecule has 0 spiro atoms. The molecule has 1 fully saturated rings. The molecule has 2 aromatic rings. The number of nitrogens with one attached hydrogen (secondary N) is 1. The summed E-state index contributed by atoms with van der Waals surface area (Å²) < 4.78 is 29.3. The van der Waals surface area contributed by atoms with Gasteiger partial charge in [0.05, 0.1) is 23.7 Å². The molecule has 1 unspecified atom stereocenters. The standard InChI is InChI=1S/C20H24N2O4S/c1-2-22(16-12-13-27(24,25)15-16)14-20(23)21-18-10-6-7-11-19(18)26-17-8-4-3-5-9-17/h3-11,16H,2,12-15H2,1H3,(H,21,23). The summed E-state index contributed by atoms with van der Waals surface area (Å²) in [5.41, 5.74) is 0.585. The number of hydrogen-bond acceptors (Lipinski definition) is 5. The van der Waals surface area contributed by atoms with E-state index in [4.69, 9.17) is 4.74 Å². The molecule has 3 rings (SSSR count). The highest BCUT2D eigenvalue weighted by Crippen LogP contribution is 2.29. The van der Waals surface area contributed by atoms with E-state index in [0.29, 0.717) is 30.2 Å². The summed E-state index contributed by atoms with van der Waals surface area (Å²) in [6.45, 7) is 2.71. The Bertz CT molecular complexity index is 884. The first kappa shape index (κ1) is 19.4. The minimum atomic E-state index is -2.98. The van der Waals surface area contributed by atoms with Gasteiger partial charge >= 0.3 is 0 Å². The number of nitrogens with zero attached hydrogens (tertiary/aromatic N) is 1. The third-order valence-electron chi connectivity index (χ3n) is 4.61. The van der Waals surface area contributed by atoms with Gasteiger partial charge < -0.3 is 10.1 Å². The lowest BCUT2D eigenvalue weighted by Crippen LogP contribution is -2.41. The number of amides is 1. The van der Waals surface area contributed by atoms with Gasteiger partial charge in [-0.1, -0.05) is 37.3 Å². The minimum Gasteiger partial charge on any atom is -0.455 e. The summed E-state index contributed by atoms with van der Waals surface area (Å²) in [4.78, 5) is 14.5. The molecule has 27 heavy (non-hydrogen) atoms. The Morgan fingerprint density at radius 1 is 1.15 bits per heavy atom. The first-order valence-corrected chi connectivity index (χ1v) is 10.9. The number of likely N-dealkylation sites (N-methyl/N-ethyl adjacent to an activating group) is 1. The topological polar surface area (TPSA) is 75.7 Å². The summed E-state index contributed by atoms with van der Waals surface area (Å²) in [6.07, 6.45) is 0.581. The van der Waals surface area contributed by atoms with Gasteiger partial charge in [0.1, 0.15) is 5.75 Å². The molecule has 1 atom stereocenters. The van der Waals surface area contributed by atoms with Crippen molar-refractivity contribution in [3.63, 3.8) is 0 Å². The monoisotopic (exact) mass is 388 g/mol. The summed E-state index contributed by atoms with van der Waals surface area (Å²) in [6, 6.07) is 16.5. The van der Waals surface area contributed by atoms with Crippen molar-refractivity contribution in [1.29, 1.82) is 0 Å². The van der Waals surface area contributed by atoms with Crippen LogP contribution in [0.2, 0.25) is 0 Å². The first-order chi connectivity index (χ1) is 13.0. The number of carbonyl (C=O) groups is 1. The zero-order valence-corrected chi connectivity index (χ0v) is 16.1. The lowest BCUT2D eigenvalue weighted by Gasteiger charge is -2.25. The maximum atomic E-state index is 12.5. The smallest absolute Gasteiger partial charge is 0.238 e. The van der Waals surface area contributed by atoms with Gasteiger partial charge in [0, 0.05) is 6.04 Å². The fourth-order valence-electron chi connectivity index (χ4n) is 3.21. The number of hydrogen-bond donors (Lipinski definition) is 1. The molecule has 1 heterocycles. The molecule has 1 aliphatic heterocycles. The lowest BCUT2D eigenvalue weighted by atomic mass is 10.2. The van der Waals surface area contributed by atoms with Crippen molar-refractivity contribution >= 4 is 21.4 Å². The van der Waals surface area contributed by atoms with Crippen molar-refractivity contribution in [2.45, 2.75) is 19.4 Å². The van der Waals surface area contributed by atoms with E-state index in [1.165, 1.54) is 0 Å². The van der Waals surface area contributed by atoms with Crippen molar-refractivity contribution in [3.05, 3.63) is 54.6 Å². The van der Waals surface area contributed by atoms with Crippen LogP contribution in [-0.2, 0) is 14.6 Å². The van der Waals surface area contributed by atoms with E-state index in [-0.39, 0.29) is 30.0 Å². The van der Waals surface area contributed by atoms with Gasteiger partial charge in [0.15, 0.2) is 15.6 Å². The summed E-state index contributed by atoms with van der Waals surface area (Å²) in [5.74, 6) is 1.38. The van der Waals surface area contributed by atoms with Gasteiger partial charge in [-0.3, -0.25) is 9.69 Å². The molecular formula is C20H24N2O4S. The molecule has 6 nitrogen and oxygen atoms in total. The molecule has 0 aromatic heterocycles. The van der Waals surface area contributed by atoms with Crippen LogP contribution in [0.25, 0.3) is 0 Å². The fourth-order valence-corrected chi connectivity index (χ4v) is 4.97. The molecule has 1 amide bonds. The molecule has 144 valence electrons. The molecule has 1 N–H and O–H groups in total. The van der Waals surface area contributed by atoms with Crippen LogP contribution >= 0.6 is 0 Å². The quantitative estimate of drug-likeness (QED) is 0.789. The second-order valence-electron chi connectivity index (χ2n) is 6.58. The molecule has 0 saturated carbocycles. The predicted molar refractivity (Wildman–Crippen MR) is 106 cm³/mol. The molecule has 2 aromatic carbocycles. The van der Waals surface area contributed by atoms with Crippen LogP contribution in [0.15, 0.2) is 54.6 Å². The highest BCUT2D eigenvalue weighted by Gasteiger charge is 2.32. The molecule has 7 heteroatoms. The average Bonchev–Trinajstić information content (AvgIpc) is 3.02. The second kappa shape index (κ2) is 8.54. The second-order valence-corrected chi connectivity index (χ2v) is 8.81. The summed E-state index contributed by atoms with van der Waals surface area (Å²) >= 11 is 0. The zero-order chi connectivity index (χ0) is 19.3. The predicted octanol–water partition coefficient (Wildman–Crippen LogP) is 2.93. The van der Waals surface area contributed by atoms with Crippen molar-refractivity contribution in [2.75, 3.05) is 29.9 Å². The highest BCUT2D eigenvalue weighted by molar-refractivity contribution is 7.91. The van der Waals surface area contributed by atoms with Crippen LogP contribution in [0.4, 0.5) is 5.69 Å². The Kier molecular flexibility index (Phi) is 6.13. The van der Waals surface area contributed by atoms with Crippen LogP contribution < -0.4 is 10.1 Å². The largest absolute Gasteiger partial charge is 0.455 e. The Labute approximate surface area is 160 Å². The number of ether oxygens (including phenoxy) is 1. The van der Waals surface area contributed by atoms with Crippen LogP contribution in [0.5, 0.6) is 11.5 Å². The van der Waals surface area contributed by atoms with Gasteiger partial charge in [-0.25, -0.2) is 8.42 Å². The van der Waals surface area contributed by atoms with Crippen molar-refractivity contribution in [1.82, 2.24) is 4.90 Å². The molecule has 0 radical (unpaired) electrons. The number of anilines is 1. The van der Waals surface area contributed by atoms with Crippen molar-refractivity contribution in [3.8, 4) is 11.5 Å². The Hall–Kier alpha value is -2.38.